The highest BCUT2D eigenvalue weighted by molar-refractivity contribution is 7.92. The topological polar surface area (TPSA) is 81.1 Å². The highest BCUT2D eigenvalue weighted by atomic mass is 32.2. The largest absolute Gasteiger partial charge is 0.387 e. The highest BCUT2D eigenvalue weighted by Crippen LogP contribution is 2.37. The van der Waals surface area contributed by atoms with Crippen molar-refractivity contribution in [3.63, 3.8) is 0 Å². The van der Waals surface area contributed by atoms with Gasteiger partial charge in [-0.3, -0.25) is 4.31 Å². The van der Waals surface area contributed by atoms with Crippen molar-refractivity contribution in [2.24, 2.45) is 0 Å². The summed E-state index contributed by atoms with van der Waals surface area (Å²) >= 11 is 0. The second-order valence-electron chi connectivity index (χ2n) is 8.85. The number of β-amino-alcohol motifs (C(OH)–C–C–N with tert-alkyl or cyclic N) is 1. The zero-order valence-corrected chi connectivity index (χ0v) is 18.6. The Hall–Kier alpha value is -2.00. The monoisotopic (exact) mass is 448 g/mol. The fourth-order valence-electron chi connectivity index (χ4n) is 4.84. The van der Waals surface area contributed by atoms with Crippen LogP contribution >= 0.6 is 0 Å². The van der Waals surface area contributed by atoms with Crippen LogP contribution in [0.4, 0.5) is 10.1 Å². The third-order valence-electron chi connectivity index (χ3n) is 6.49. The third kappa shape index (κ3) is 4.48. The second-order valence-corrected chi connectivity index (χ2v) is 10.7. The van der Waals surface area contributed by atoms with E-state index in [9.17, 15) is 23.0 Å². The maximum absolute atomic E-state index is 13.2. The Bertz CT molecular complexity index is 1050. The number of rotatable bonds is 5. The van der Waals surface area contributed by atoms with Gasteiger partial charge in [0.05, 0.1) is 23.6 Å². The van der Waals surface area contributed by atoms with Crippen molar-refractivity contribution in [2.45, 2.75) is 43.9 Å². The molecule has 2 aliphatic heterocycles. The Kier molecular flexibility index (Phi) is 5.85. The predicted octanol–water partition coefficient (Wildman–Crippen LogP) is 2.55. The summed E-state index contributed by atoms with van der Waals surface area (Å²) in [5.41, 5.74) is 2.12. The lowest BCUT2D eigenvalue weighted by atomic mass is 9.84. The lowest BCUT2D eigenvalue weighted by Gasteiger charge is -2.39. The van der Waals surface area contributed by atoms with E-state index in [1.54, 1.807) is 24.3 Å². The first-order valence-electron chi connectivity index (χ1n) is 10.6. The van der Waals surface area contributed by atoms with Gasteiger partial charge in [-0.2, -0.15) is 0 Å². The van der Waals surface area contributed by atoms with Crippen molar-refractivity contribution in [3.05, 3.63) is 65.0 Å². The molecule has 2 aromatic carbocycles. The highest BCUT2D eigenvalue weighted by Gasteiger charge is 2.35. The molecule has 0 saturated carbocycles. The molecule has 0 aliphatic carbocycles. The fourth-order valence-corrected chi connectivity index (χ4v) is 6.10. The van der Waals surface area contributed by atoms with Crippen molar-refractivity contribution in [1.29, 1.82) is 0 Å². The van der Waals surface area contributed by atoms with Crippen LogP contribution < -0.4 is 4.31 Å². The summed E-state index contributed by atoms with van der Waals surface area (Å²) in [6, 6.07) is 11.3. The third-order valence-corrected chi connectivity index (χ3v) is 7.77. The van der Waals surface area contributed by atoms with Gasteiger partial charge >= 0.3 is 0 Å². The standard InChI is InChI=1S/C23H29FN2O4S/c1-16-13-18-14-17(3-8-21(18)26(16)31(2,29)30)22(27)15-25-11-9-23(28,10-12-25)19-4-6-20(24)7-5-19/h3-8,14,16,22,27-28H,9-13,15H2,1-2H3. The molecule has 8 heteroatoms. The molecule has 1 fully saturated rings. The van der Waals surface area contributed by atoms with E-state index < -0.39 is 21.7 Å². The predicted molar refractivity (Wildman–Crippen MR) is 118 cm³/mol. The van der Waals surface area contributed by atoms with Gasteiger partial charge in [-0.1, -0.05) is 24.3 Å². The summed E-state index contributed by atoms with van der Waals surface area (Å²) in [6.45, 7) is 3.56. The van der Waals surface area contributed by atoms with Gasteiger partial charge in [-0.25, -0.2) is 12.8 Å². The Balaban J connectivity index is 1.40. The smallest absolute Gasteiger partial charge is 0.232 e. The Labute approximate surface area is 183 Å². The minimum Gasteiger partial charge on any atom is -0.387 e. The molecule has 168 valence electrons. The number of aliphatic hydroxyl groups is 2. The van der Waals surface area contributed by atoms with Crippen LogP contribution in [0.25, 0.3) is 0 Å². The van der Waals surface area contributed by atoms with Gasteiger partial charge in [0.1, 0.15) is 5.82 Å². The summed E-state index contributed by atoms with van der Waals surface area (Å²) in [5.74, 6) is -0.323. The second kappa shape index (κ2) is 8.16. The summed E-state index contributed by atoms with van der Waals surface area (Å²) in [7, 11) is -3.34. The zero-order chi connectivity index (χ0) is 22.4. The van der Waals surface area contributed by atoms with Crippen LogP contribution in [0.2, 0.25) is 0 Å². The summed E-state index contributed by atoms with van der Waals surface area (Å²) in [5, 5.41) is 21.8. The molecular weight excluding hydrogens is 419 g/mol. The van der Waals surface area contributed by atoms with Crippen LogP contribution in [0.1, 0.15) is 42.6 Å². The Morgan fingerprint density at radius 3 is 2.42 bits per heavy atom. The maximum atomic E-state index is 13.2. The Morgan fingerprint density at radius 2 is 1.81 bits per heavy atom. The number of aliphatic hydroxyl groups excluding tert-OH is 1. The van der Waals surface area contributed by atoms with E-state index in [1.807, 2.05) is 13.0 Å². The van der Waals surface area contributed by atoms with E-state index >= 15 is 0 Å². The van der Waals surface area contributed by atoms with Crippen LogP contribution in [-0.4, -0.2) is 55.5 Å². The number of piperidine rings is 1. The van der Waals surface area contributed by atoms with Crippen LogP contribution in [-0.2, 0) is 22.0 Å². The number of likely N-dealkylation sites (tertiary alicyclic amines) is 1. The van der Waals surface area contributed by atoms with Crippen LogP contribution in [0.5, 0.6) is 0 Å². The van der Waals surface area contributed by atoms with Crippen molar-refractivity contribution in [1.82, 2.24) is 4.90 Å². The summed E-state index contributed by atoms with van der Waals surface area (Å²) < 4.78 is 38.8. The van der Waals surface area contributed by atoms with Gasteiger partial charge in [0, 0.05) is 25.7 Å². The molecule has 2 N–H and O–H groups in total. The van der Waals surface area contributed by atoms with E-state index in [2.05, 4.69) is 4.90 Å². The molecule has 2 aromatic rings. The molecule has 2 aliphatic rings. The average molecular weight is 449 g/mol. The van der Waals surface area contributed by atoms with Gasteiger partial charge in [0.25, 0.3) is 0 Å². The molecule has 0 bridgehead atoms. The first-order valence-corrected chi connectivity index (χ1v) is 12.4. The molecule has 2 heterocycles. The molecule has 2 atom stereocenters. The number of fused-ring (bicyclic) bond motifs is 1. The molecule has 0 aromatic heterocycles. The van der Waals surface area contributed by atoms with Gasteiger partial charge < -0.3 is 15.1 Å². The van der Waals surface area contributed by atoms with Gasteiger partial charge in [-0.15, -0.1) is 0 Å². The molecule has 2 unspecified atom stereocenters. The molecule has 0 radical (unpaired) electrons. The molecule has 31 heavy (non-hydrogen) atoms. The number of benzene rings is 2. The fraction of sp³-hybridized carbons (Fsp3) is 0.478. The van der Waals surface area contributed by atoms with E-state index in [0.29, 0.717) is 44.6 Å². The number of sulfonamides is 1. The van der Waals surface area contributed by atoms with E-state index in [-0.39, 0.29) is 11.9 Å². The number of halogens is 1. The molecule has 4 rings (SSSR count). The van der Waals surface area contributed by atoms with Crippen molar-refractivity contribution < 1.29 is 23.0 Å². The number of nitrogens with zero attached hydrogens (tertiary/aromatic N) is 2. The Morgan fingerprint density at radius 1 is 1.16 bits per heavy atom. The SMILES string of the molecule is CC1Cc2cc(C(O)CN3CCC(O)(c4ccc(F)cc4)CC3)ccc2N1S(C)(=O)=O. The molecule has 0 amide bonds. The van der Waals surface area contributed by atoms with Crippen molar-refractivity contribution in [2.75, 3.05) is 30.2 Å². The molecule has 6 nitrogen and oxygen atoms in total. The van der Waals surface area contributed by atoms with E-state index in [0.717, 1.165) is 16.7 Å². The van der Waals surface area contributed by atoms with Crippen LogP contribution in [0.15, 0.2) is 42.5 Å². The van der Waals surface area contributed by atoms with Crippen LogP contribution in [0.3, 0.4) is 0 Å². The first-order chi connectivity index (χ1) is 14.6. The van der Waals surface area contributed by atoms with Crippen molar-refractivity contribution >= 4 is 15.7 Å². The number of anilines is 1. The normalized spacial score (nSPS) is 22.4. The maximum Gasteiger partial charge on any atom is 0.232 e. The minimum absolute atomic E-state index is 0.136. The molecule has 0 spiro atoms. The van der Waals surface area contributed by atoms with Gasteiger partial charge in [0.2, 0.25) is 10.0 Å². The van der Waals surface area contributed by atoms with Crippen molar-refractivity contribution in [3.8, 4) is 0 Å². The van der Waals surface area contributed by atoms with Gasteiger partial charge in [-0.05, 0) is 61.1 Å². The lowest BCUT2D eigenvalue weighted by Crippen LogP contribution is -2.44. The first kappa shape index (κ1) is 22.2. The summed E-state index contributed by atoms with van der Waals surface area (Å²) in [4.78, 5) is 2.11. The van der Waals surface area contributed by atoms with Gasteiger partial charge in [0.15, 0.2) is 0 Å². The zero-order valence-electron chi connectivity index (χ0n) is 17.8. The minimum atomic E-state index is -3.34. The molecular formula is C23H29FN2O4S. The molecule has 1 saturated heterocycles. The average Bonchev–Trinajstić information content (AvgIpc) is 3.05. The quantitative estimate of drug-likeness (QED) is 0.735. The van der Waals surface area contributed by atoms with Crippen LogP contribution in [0, 0.1) is 5.82 Å². The number of hydrogen-bond donors (Lipinski definition) is 2. The lowest BCUT2D eigenvalue weighted by molar-refractivity contribution is -0.0345. The van der Waals surface area contributed by atoms with E-state index in [4.69, 9.17) is 0 Å². The number of hydrogen-bond acceptors (Lipinski definition) is 5. The summed E-state index contributed by atoms with van der Waals surface area (Å²) in [6.07, 6.45) is 2.15. The van der Waals surface area contributed by atoms with E-state index in [1.165, 1.54) is 22.7 Å².